The molecule has 4 heterocycles. The van der Waals surface area contributed by atoms with Crippen LogP contribution >= 0.6 is 0 Å². The van der Waals surface area contributed by atoms with Crippen LogP contribution in [0.1, 0.15) is 48.7 Å². The van der Waals surface area contributed by atoms with Crippen LogP contribution in [0.25, 0.3) is 5.65 Å². The fourth-order valence-corrected chi connectivity index (χ4v) is 4.02. The van der Waals surface area contributed by atoms with E-state index in [0.29, 0.717) is 17.9 Å². The predicted molar refractivity (Wildman–Crippen MR) is 106 cm³/mol. The van der Waals surface area contributed by atoms with Crippen LogP contribution in [0.3, 0.4) is 0 Å². The van der Waals surface area contributed by atoms with Gasteiger partial charge in [-0.3, -0.25) is 0 Å². The van der Waals surface area contributed by atoms with Gasteiger partial charge in [0.15, 0.2) is 17.2 Å². The van der Waals surface area contributed by atoms with Crippen molar-refractivity contribution < 1.29 is 22.6 Å². The lowest BCUT2D eigenvalue weighted by Gasteiger charge is -2.29. The number of ether oxygens (including phenoxy) is 2. The van der Waals surface area contributed by atoms with E-state index in [9.17, 15) is 13.2 Å². The summed E-state index contributed by atoms with van der Waals surface area (Å²) in [4.78, 5) is 7.89. The normalized spacial score (nSPS) is 21.4. The highest BCUT2D eigenvalue weighted by molar-refractivity contribution is 5.39. The quantitative estimate of drug-likeness (QED) is 0.612. The van der Waals surface area contributed by atoms with Crippen molar-refractivity contribution in [3.63, 3.8) is 0 Å². The molecule has 33 heavy (non-hydrogen) atoms. The summed E-state index contributed by atoms with van der Waals surface area (Å²) in [6.07, 6.45) is -1.21. The van der Waals surface area contributed by atoms with Gasteiger partial charge in [0.1, 0.15) is 17.7 Å². The van der Waals surface area contributed by atoms with Gasteiger partial charge in [0.05, 0.1) is 13.2 Å². The average molecular weight is 460 g/mol. The van der Waals surface area contributed by atoms with Gasteiger partial charge in [-0.25, -0.2) is 4.98 Å². The molecule has 5 rings (SSSR count). The number of halogens is 3. The first kappa shape index (κ1) is 21.3. The van der Waals surface area contributed by atoms with Crippen molar-refractivity contribution in [2.24, 2.45) is 0 Å². The second-order valence-electron chi connectivity index (χ2n) is 8.05. The van der Waals surface area contributed by atoms with Gasteiger partial charge in [-0.1, -0.05) is 6.42 Å². The number of fused-ring (bicyclic) bond motifs is 1. The Bertz CT molecular complexity index is 1200. The summed E-state index contributed by atoms with van der Waals surface area (Å²) in [5.41, 5.74) is -0.209. The lowest BCUT2D eigenvalue weighted by molar-refractivity contribution is -0.142. The van der Waals surface area contributed by atoms with E-state index < -0.39 is 23.7 Å². The van der Waals surface area contributed by atoms with E-state index in [0.717, 1.165) is 25.5 Å². The molecule has 0 radical (unpaired) electrons. The third kappa shape index (κ3) is 4.38. The summed E-state index contributed by atoms with van der Waals surface area (Å²) < 4.78 is 52.0. The summed E-state index contributed by atoms with van der Waals surface area (Å²) in [5.74, 6) is 0.221. The number of nitrogens with zero attached hydrogens (tertiary/aromatic N) is 7. The van der Waals surface area contributed by atoms with Gasteiger partial charge in [0, 0.05) is 18.2 Å². The Morgan fingerprint density at radius 2 is 2.06 bits per heavy atom. The lowest BCUT2D eigenvalue weighted by atomic mass is 9.85. The average Bonchev–Trinajstić information content (AvgIpc) is 3.19. The molecule has 172 valence electrons. The van der Waals surface area contributed by atoms with Crippen LogP contribution in [0, 0.1) is 11.3 Å². The molecule has 2 aliphatic rings. The van der Waals surface area contributed by atoms with Crippen LogP contribution in [0.4, 0.5) is 19.1 Å². The highest BCUT2D eigenvalue weighted by Gasteiger charge is 2.38. The monoisotopic (exact) mass is 460 g/mol. The zero-order valence-corrected chi connectivity index (χ0v) is 17.3. The summed E-state index contributed by atoms with van der Waals surface area (Å²) in [6.45, 7) is 0.449. The molecular weight excluding hydrogens is 441 g/mol. The number of hydrogen-bond donors (Lipinski definition) is 1. The Labute approximate surface area is 185 Å². The van der Waals surface area contributed by atoms with E-state index in [-0.39, 0.29) is 36.8 Å². The molecule has 10 nitrogen and oxygen atoms in total. The molecule has 1 aliphatic carbocycles. The van der Waals surface area contributed by atoms with Crippen LogP contribution < -0.4 is 10.1 Å². The van der Waals surface area contributed by atoms with Crippen LogP contribution in [0.2, 0.25) is 0 Å². The SMILES string of the molecule is N#Cc1ccc2nnc([C@H]3CCC[C@@H](Nc4ncc(C(F)(F)F)c(OC5COC5)n4)C3)n2n1. The molecule has 2 atom stereocenters. The molecule has 1 saturated heterocycles. The predicted octanol–water partition coefficient (Wildman–Crippen LogP) is 2.72. The second kappa shape index (κ2) is 8.43. The van der Waals surface area contributed by atoms with Crippen LogP contribution in [0.5, 0.6) is 5.88 Å². The van der Waals surface area contributed by atoms with Gasteiger partial charge in [-0.05, 0) is 31.4 Å². The highest BCUT2D eigenvalue weighted by Crippen LogP contribution is 2.37. The number of alkyl halides is 3. The maximum absolute atomic E-state index is 13.3. The fourth-order valence-electron chi connectivity index (χ4n) is 4.02. The summed E-state index contributed by atoms with van der Waals surface area (Å²) >= 11 is 0. The minimum Gasteiger partial charge on any atom is -0.469 e. The van der Waals surface area contributed by atoms with Crippen molar-refractivity contribution in [1.82, 2.24) is 29.8 Å². The Morgan fingerprint density at radius 3 is 2.79 bits per heavy atom. The van der Waals surface area contributed by atoms with Gasteiger partial charge >= 0.3 is 6.18 Å². The molecular formula is C20H19F3N8O2. The number of nitrogens with one attached hydrogen (secondary N) is 1. The minimum absolute atomic E-state index is 0.00462. The van der Waals surface area contributed by atoms with Crippen molar-refractivity contribution in [2.75, 3.05) is 18.5 Å². The Balaban J connectivity index is 1.34. The molecule has 0 bridgehead atoms. The van der Waals surface area contributed by atoms with Gasteiger partial charge in [-0.2, -0.15) is 33.0 Å². The number of aromatic nitrogens is 6. The first-order chi connectivity index (χ1) is 15.9. The number of hydrogen-bond acceptors (Lipinski definition) is 9. The third-order valence-corrected chi connectivity index (χ3v) is 5.72. The summed E-state index contributed by atoms with van der Waals surface area (Å²) in [7, 11) is 0. The largest absolute Gasteiger partial charge is 0.469 e. The van der Waals surface area contributed by atoms with Gasteiger partial charge in [0.25, 0.3) is 0 Å². The van der Waals surface area contributed by atoms with Crippen LogP contribution in [-0.4, -0.2) is 55.1 Å². The van der Waals surface area contributed by atoms with E-state index in [4.69, 9.17) is 14.7 Å². The molecule has 1 saturated carbocycles. The molecule has 3 aromatic rings. The van der Waals surface area contributed by atoms with E-state index in [1.54, 1.807) is 16.6 Å². The maximum Gasteiger partial charge on any atom is 0.423 e. The fraction of sp³-hybridized carbons (Fsp3) is 0.500. The molecule has 3 aromatic heterocycles. The van der Waals surface area contributed by atoms with E-state index in [1.807, 2.05) is 6.07 Å². The van der Waals surface area contributed by atoms with Crippen molar-refractivity contribution >= 4 is 11.6 Å². The molecule has 13 heteroatoms. The van der Waals surface area contributed by atoms with Crippen LogP contribution in [-0.2, 0) is 10.9 Å². The number of nitriles is 1. The van der Waals surface area contributed by atoms with Crippen molar-refractivity contribution in [2.45, 2.75) is 49.9 Å². The molecule has 0 spiro atoms. The lowest BCUT2D eigenvalue weighted by Crippen LogP contribution is -2.39. The molecule has 0 unspecified atom stereocenters. The van der Waals surface area contributed by atoms with E-state index >= 15 is 0 Å². The van der Waals surface area contributed by atoms with Crippen LogP contribution in [0.15, 0.2) is 18.3 Å². The maximum atomic E-state index is 13.3. The standard InChI is InChI=1S/C20H19F3N8O2/c21-20(22,23)15-8-25-19(27-18(15)33-14-9-32-10-14)26-12-3-1-2-11(6-12)17-29-28-16-5-4-13(7-24)30-31(16)17/h4-5,8,11-12,14H,1-3,6,9-10H2,(H,25,26,27)/t11-,12+/m0/s1. The molecule has 2 fully saturated rings. The van der Waals surface area contributed by atoms with E-state index in [2.05, 4.69) is 30.6 Å². The summed E-state index contributed by atoms with van der Waals surface area (Å²) in [6, 6.07) is 5.18. The second-order valence-corrected chi connectivity index (χ2v) is 8.05. The topological polar surface area (TPSA) is 123 Å². The smallest absolute Gasteiger partial charge is 0.423 e. The zero-order chi connectivity index (χ0) is 23.0. The molecule has 0 amide bonds. The third-order valence-electron chi connectivity index (χ3n) is 5.72. The zero-order valence-electron chi connectivity index (χ0n) is 17.3. The molecule has 0 aromatic carbocycles. The molecule has 1 N–H and O–H groups in total. The highest BCUT2D eigenvalue weighted by atomic mass is 19.4. The van der Waals surface area contributed by atoms with Gasteiger partial charge in [0.2, 0.25) is 11.8 Å². The minimum atomic E-state index is -4.63. The van der Waals surface area contributed by atoms with E-state index in [1.165, 1.54) is 0 Å². The summed E-state index contributed by atoms with van der Waals surface area (Å²) in [5, 5.41) is 24.9. The Morgan fingerprint density at radius 1 is 1.21 bits per heavy atom. The Hall–Kier alpha value is -3.53. The number of rotatable bonds is 5. The first-order valence-electron chi connectivity index (χ1n) is 10.5. The van der Waals surface area contributed by atoms with Gasteiger partial charge in [-0.15, -0.1) is 10.2 Å². The first-order valence-corrected chi connectivity index (χ1v) is 10.5. The van der Waals surface area contributed by atoms with Crippen molar-refractivity contribution in [3.8, 4) is 11.9 Å². The van der Waals surface area contributed by atoms with Crippen molar-refractivity contribution in [3.05, 3.63) is 35.4 Å². The number of anilines is 1. The molecule has 1 aliphatic heterocycles. The van der Waals surface area contributed by atoms with Gasteiger partial charge < -0.3 is 14.8 Å². The Kier molecular flexibility index (Phi) is 5.45. The van der Waals surface area contributed by atoms with Crippen molar-refractivity contribution in [1.29, 1.82) is 5.26 Å².